The van der Waals surface area contributed by atoms with Gasteiger partial charge in [-0.15, -0.1) is 0 Å². The first kappa shape index (κ1) is 14.5. The number of carbonyl (C=O) groups excluding carboxylic acids is 1. The third-order valence-corrected chi connectivity index (χ3v) is 2.93. The van der Waals surface area contributed by atoms with Crippen LogP contribution < -0.4 is 0 Å². The molecule has 5 heteroatoms. The van der Waals surface area contributed by atoms with Gasteiger partial charge in [0.05, 0.1) is 5.60 Å². The van der Waals surface area contributed by atoms with E-state index in [-0.39, 0.29) is 5.92 Å². The van der Waals surface area contributed by atoms with Gasteiger partial charge in [-0.05, 0) is 39.5 Å². The van der Waals surface area contributed by atoms with Gasteiger partial charge in [-0.2, -0.15) is 0 Å². The van der Waals surface area contributed by atoms with Gasteiger partial charge in [0.15, 0.2) is 12.5 Å². The van der Waals surface area contributed by atoms with E-state index in [1.54, 1.807) is 4.90 Å². The summed E-state index contributed by atoms with van der Waals surface area (Å²) < 4.78 is 18.6. The number of aliphatic hydroxyl groups is 1. The van der Waals surface area contributed by atoms with Crippen LogP contribution in [-0.2, 0) is 9.53 Å². The predicted molar refractivity (Wildman–Crippen MR) is 62.1 cm³/mol. The van der Waals surface area contributed by atoms with E-state index in [2.05, 4.69) is 0 Å². The van der Waals surface area contributed by atoms with Crippen molar-refractivity contribution >= 4 is 6.29 Å². The Morgan fingerprint density at radius 3 is 2.35 bits per heavy atom. The highest BCUT2D eigenvalue weighted by molar-refractivity contribution is 5.56. The van der Waals surface area contributed by atoms with Crippen molar-refractivity contribution in [2.24, 2.45) is 5.92 Å². The zero-order chi connectivity index (χ0) is 13.1. The highest BCUT2D eigenvalue weighted by atomic mass is 19.1. The van der Waals surface area contributed by atoms with E-state index >= 15 is 0 Å². The summed E-state index contributed by atoms with van der Waals surface area (Å²) in [6, 6.07) is 0. The van der Waals surface area contributed by atoms with Gasteiger partial charge in [-0.3, -0.25) is 4.90 Å². The molecule has 1 fully saturated rings. The number of hydrogen-bond donors (Lipinski definition) is 1. The quantitative estimate of drug-likeness (QED) is 0.601. The average molecular weight is 247 g/mol. The molecular weight excluding hydrogens is 225 g/mol. The lowest BCUT2D eigenvalue weighted by molar-refractivity contribution is -0.243. The van der Waals surface area contributed by atoms with Crippen molar-refractivity contribution in [1.29, 1.82) is 0 Å². The first-order chi connectivity index (χ1) is 7.83. The first-order valence-corrected chi connectivity index (χ1v) is 6.03. The molecule has 1 aliphatic heterocycles. The highest BCUT2D eigenvalue weighted by Crippen LogP contribution is 2.24. The predicted octanol–water partition coefficient (Wildman–Crippen LogP) is 1.33. The van der Waals surface area contributed by atoms with Crippen LogP contribution >= 0.6 is 0 Å². The van der Waals surface area contributed by atoms with E-state index in [1.807, 2.05) is 20.8 Å². The molecule has 1 aliphatic rings. The summed E-state index contributed by atoms with van der Waals surface area (Å²) in [4.78, 5) is 12.1. The molecule has 1 heterocycles. The largest absolute Gasteiger partial charge is 0.356 e. The number of halogens is 1. The molecule has 1 saturated heterocycles. The molecule has 1 N–H and O–H groups in total. The second-order valence-corrected chi connectivity index (χ2v) is 5.51. The van der Waals surface area contributed by atoms with Crippen LogP contribution in [0.1, 0.15) is 33.6 Å². The van der Waals surface area contributed by atoms with Crippen molar-refractivity contribution in [1.82, 2.24) is 4.90 Å². The number of nitrogens with zero attached hydrogens (tertiary/aromatic N) is 1. The van der Waals surface area contributed by atoms with Gasteiger partial charge in [0, 0.05) is 13.1 Å². The van der Waals surface area contributed by atoms with Crippen LogP contribution in [-0.4, -0.2) is 47.6 Å². The van der Waals surface area contributed by atoms with Crippen molar-refractivity contribution < 1.29 is 19.0 Å². The van der Waals surface area contributed by atoms with Gasteiger partial charge >= 0.3 is 0 Å². The van der Waals surface area contributed by atoms with E-state index in [4.69, 9.17) is 4.74 Å². The molecule has 0 aromatic carbocycles. The Morgan fingerprint density at radius 2 is 1.94 bits per heavy atom. The molecule has 4 nitrogen and oxygen atoms in total. The third-order valence-electron chi connectivity index (χ3n) is 2.93. The summed E-state index contributed by atoms with van der Waals surface area (Å²) in [5.74, 6) is -0.217. The number of likely N-dealkylation sites (tertiary alicyclic amines) is 1. The van der Waals surface area contributed by atoms with Gasteiger partial charge in [0.1, 0.15) is 0 Å². The molecule has 0 aromatic rings. The van der Waals surface area contributed by atoms with Crippen LogP contribution in [0.4, 0.5) is 4.39 Å². The number of carbonyl (C=O) groups is 1. The lowest BCUT2D eigenvalue weighted by Gasteiger charge is -2.37. The fraction of sp³-hybridized carbons (Fsp3) is 0.917. The van der Waals surface area contributed by atoms with Crippen LogP contribution in [0.2, 0.25) is 0 Å². The standard InChI is InChI=1S/C12H22FNO3/c1-12(2,3)17-11(16)14-6-4-9(5-7-14)10(13)8-15/h8-11,16H,4-7H2,1-3H3/t10-,11?/m1/s1. The number of aliphatic hydroxyl groups excluding tert-OH is 1. The summed E-state index contributed by atoms with van der Waals surface area (Å²) in [5, 5.41) is 9.83. The maximum absolute atomic E-state index is 13.1. The SMILES string of the molecule is CC(C)(C)OC(O)N1CCC([C@H](F)C=O)CC1. The molecule has 0 amide bonds. The maximum atomic E-state index is 13.1. The number of aldehydes is 1. The Kier molecular flexibility index (Phi) is 5.04. The average Bonchev–Trinajstić information content (AvgIpc) is 2.26. The zero-order valence-corrected chi connectivity index (χ0v) is 10.7. The molecule has 0 radical (unpaired) electrons. The second kappa shape index (κ2) is 5.89. The van der Waals surface area contributed by atoms with E-state index < -0.39 is 18.2 Å². The molecule has 0 saturated carbocycles. The Balaban J connectivity index is 2.38. The van der Waals surface area contributed by atoms with Crippen molar-refractivity contribution in [3.05, 3.63) is 0 Å². The zero-order valence-electron chi connectivity index (χ0n) is 10.7. The van der Waals surface area contributed by atoms with Gasteiger partial charge in [0.2, 0.25) is 6.41 Å². The number of ether oxygens (including phenoxy) is 1. The normalized spacial score (nSPS) is 23.4. The number of piperidine rings is 1. The topological polar surface area (TPSA) is 49.8 Å². The molecule has 0 aliphatic carbocycles. The van der Waals surface area contributed by atoms with Crippen LogP contribution in [0.25, 0.3) is 0 Å². The minimum atomic E-state index is -1.38. The summed E-state index contributed by atoms with van der Waals surface area (Å²) in [5.41, 5.74) is -0.415. The molecular formula is C12H22FNO3. The van der Waals surface area contributed by atoms with Crippen LogP contribution in [0, 0.1) is 5.92 Å². The molecule has 17 heavy (non-hydrogen) atoms. The summed E-state index contributed by atoms with van der Waals surface area (Å²) >= 11 is 0. The number of hydrogen-bond acceptors (Lipinski definition) is 4. The van der Waals surface area contributed by atoms with Gasteiger partial charge in [-0.1, -0.05) is 0 Å². The maximum Gasteiger partial charge on any atom is 0.216 e. The second-order valence-electron chi connectivity index (χ2n) is 5.51. The number of alkyl halides is 1. The van der Waals surface area contributed by atoms with Gasteiger partial charge < -0.3 is 14.6 Å². The van der Waals surface area contributed by atoms with E-state index in [1.165, 1.54) is 0 Å². The van der Waals surface area contributed by atoms with Gasteiger partial charge in [-0.25, -0.2) is 4.39 Å². The van der Waals surface area contributed by atoms with Gasteiger partial charge in [0.25, 0.3) is 0 Å². The minimum absolute atomic E-state index is 0.217. The van der Waals surface area contributed by atoms with Crippen LogP contribution in [0.3, 0.4) is 0 Å². The summed E-state index contributed by atoms with van der Waals surface area (Å²) in [6.45, 7) is 6.71. The van der Waals surface area contributed by atoms with E-state index in [0.29, 0.717) is 32.2 Å². The molecule has 0 bridgehead atoms. The lowest BCUT2D eigenvalue weighted by Crippen LogP contribution is -2.46. The minimum Gasteiger partial charge on any atom is -0.356 e. The van der Waals surface area contributed by atoms with E-state index in [9.17, 15) is 14.3 Å². The lowest BCUT2D eigenvalue weighted by atomic mass is 9.93. The van der Waals surface area contributed by atoms with Crippen molar-refractivity contribution in [3.8, 4) is 0 Å². The molecule has 2 atom stereocenters. The number of rotatable bonds is 4. The van der Waals surface area contributed by atoms with Crippen LogP contribution in [0.5, 0.6) is 0 Å². The smallest absolute Gasteiger partial charge is 0.216 e. The molecule has 0 aromatic heterocycles. The fourth-order valence-electron chi connectivity index (χ4n) is 1.96. The first-order valence-electron chi connectivity index (χ1n) is 6.03. The molecule has 1 unspecified atom stereocenters. The third kappa shape index (κ3) is 4.69. The summed E-state index contributed by atoms with van der Waals surface area (Å²) in [7, 11) is 0. The monoisotopic (exact) mass is 247 g/mol. The Labute approximate surface area is 102 Å². The van der Waals surface area contributed by atoms with Crippen molar-refractivity contribution in [2.75, 3.05) is 13.1 Å². The van der Waals surface area contributed by atoms with Crippen molar-refractivity contribution in [2.45, 2.75) is 51.8 Å². The van der Waals surface area contributed by atoms with Crippen molar-refractivity contribution in [3.63, 3.8) is 0 Å². The Morgan fingerprint density at radius 1 is 1.41 bits per heavy atom. The highest BCUT2D eigenvalue weighted by Gasteiger charge is 2.30. The fourth-order valence-corrected chi connectivity index (χ4v) is 1.96. The molecule has 100 valence electrons. The molecule has 1 rings (SSSR count). The summed E-state index contributed by atoms with van der Waals surface area (Å²) in [6.07, 6.45) is -0.819. The van der Waals surface area contributed by atoms with E-state index in [0.717, 1.165) is 0 Å². The Hall–Kier alpha value is -0.520. The Bertz CT molecular complexity index is 247. The molecule has 0 spiro atoms. The van der Waals surface area contributed by atoms with Crippen LogP contribution in [0.15, 0.2) is 0 Å².